The first-order valence-electron chi connectivity index (χ1n) is 8.73. The number of rotatable bonds is 7. The molecule has 0 aliphatic carbocycles. The van der Waals surface area contributed by atoms with E-state index in [0.717, 1.165) is 11.1 Å². The standard InChI is InChI=1S/C20H24N4O2S/c1-14-4-6-15(7-5-14)18-8-9-27-19(18)20(26)22-16-10-21-24(11-16)13-17(25)12-23(2)3/h4-11,17,25H,12-13H2,1-3H3,(H,22,26)/t17-/m1/s1. The van der Waals surface area contributed by atoms with Gasteiger partial charge in [0.25, 0.3) is 5.91 Å². The molecule has 1 atom stereocenters. The van der Waals surface area contributed by atoms with Crippen LogP contribution in [-0.4, -0.2) is 52.4 Å². The van der Waals surface area contributed by atoms with Crippen LogP contribution in [0.15, 0.2) is 48.1 Å². The molecule has 0 saturated carbocycles. The maximum atomic E-state index is 12.7. The summed E-state index contributed by atoms with van der Waals surface area (Å²) in [6.45, 7) is 2.97. The lowest BCUT2D eigenvalue weighted by molar-refractivity contribution is 0.103. The molecule has 3 rings (SSSR count). The fourth-order valence-electron chi connectivity index (χ4n) is 2.86. The third-order valence-electron chi connectivity index (χ3n) is 4.10. The summed E-state index contributed by atoms with van der Waals surface area (Å²) in [6, 6.07) is 10.1. The number of aliphatic hydroxyl groups is 1. The Morgan fingerprint density at radius 2 is 2.04 bits per heavy atom. The van der Waals surface area contributed by atoms with Gasteiger partial charge in [-0.1, -0.05) is 29.8 Å². The first kappa shape index (κ1) is 19.3. The van der Waals surface area contributed by atoms with Crippen molar-refractivity contribution in [3.63, 3.8) is 0 Å². The number of anilines is 1. The molecule has 7 heteroatoms. The number of aryl methyl sites for hydroxylation is 1. The molecule has 6 nitrogen and oxygen atoms in total. The van der Waals surface area contributed by atoms with Crippen molar-refractivity contribution >= 4 is 22.9 Å². The molecular formula is C20H24N4O2S. The van der Waals surface area contributed by atoms with E-state index in [-0.39, 0.29) is 5.91 Å². The molecule has 27 heavy (non-hydrogen) atoms. The number of aromatic nitrogens is 2. The highest BCUT2D eigenvalue weighted by Gasteiger charge is 2.16. The summed E-state index contributed by atoms with van der Waals surface area (Å²) in [6.07, 6.45) is 2.81. The summed E-state index contributed by atoms with van der Waals surface area (Å²) in [5, 5.41) is 19.0. The molecule has 0 bridgehead atoms. The third kappa shape index (κ3) is 5.03. The van der Waals surface area contributed by atoms with Crippen molar-refractivity contribution in [2.24, 2.45) is 0 Å². The number of nitrogens with zero attached hydrogens (tertiary/aromatic N) is 3. The second-order valence-electron chi connectivity index (χ2n) is 6.85. The molecule has 0 fully saturated rings. The third-order valence-corrected chi connectivity index (χ3v) is 5.01. The van der Waals surface area contributed by atoms with Crippen LogP contribution in [-0.2, 0) is 6.54 Å². The molecule has 0 aliphatic rings. The molecule has 0 radical (unpaired) electrons. The number of nitrogens with one attached hydrogen (secondary N) is 1. The van der Waals surface area contributed by atoms with E-state index in [4.69, 9.17) is 0 Å². The molecule has 2 aromatic heterocycles. The summed E-state index contributed by atoms with van der Waals surface area (Å²) in [4.78, 5) is 15.3. The van der Waals surface area contributed by atoms with Gasteiger partial charge in [-0.05, 0) is 38.0 Å². The van der Waals surface area contributed by atoms with Crippen molar-refractivity contribution in [3.05, 3.63) is 58.5 Å². The number of aliphatic hydroxyl groups excluding tert-OH is 1. The lowest BCUT2D eigenvalue weighted by Gasteiger charge is -2.15. The molecule has 0 aliphatic heterocycles. The van der Waals surface area contributed by atoms with Crippen molar-refractivity contribution in [1.29, 1.82) is 0 Å². The summed E-state index contributed by atoms with van der Waals surface area (Å²) < 4.78 is 1.64. The second-order valence-corrected chi connectivity index (χ2v) is 7.77. The van der Waals surface area contributed by atoms with E-state index >= 15 is 0 Å². The van der Waals surface area contributed by atoms with Crippen LogP contribution >= 0.6 is 11.3 Å². The van der Waals surface area contributed by atoms with Gasteiger partial charge < -0.3 is 15.3 Å². The number of carbonyl (C=O) groups excluding carboxylic acids is 1. The molecule has 0 spiro atoms. The van der Waals surface area contributed by atoms with E-state index in [9.17, 15) is 9.90 Å². The van der Waals surface area contributed by atoms with Gasteiger partial charge in [-0.3, -0.25) is 9.48 Å². The van der Waals surface area contributed by atoms with E-state index < -0.39 is 6.10 Å². The van der Waals surface area contributed by atoms with Crippen molar-refractivity contribution < 1.29 is 9.90 Å². The van der Waals surface area contributed by atoms with Gasteiger partial charge >= 0.3 is 0 Å². The van der Waals surface area contributed by atoms with Crippen molar-refractivity contribution in [2.75, 3.05) is 26.0 Å². The van der Waals surface area contributed by atoms with Gasteiger partial charge in [0.2, 0.25) is 0 Å². The van der Waals surface area contributed by atoms with E-state index in [0.29, 0.717) is 23.7 Å². The van der Waals surface area contributed by atoms with Crippen LogP contribution in [0.4, 0.5) is 5.69 Å². The predicted octanol–water partition coefficient (Wildman–Crippen LogP) is 3.09. The van der Waals surface area contributed by atoms with E-state index in [1.54, 1.807) is 17.1 Å². The minimum Gasteiger partial charge on any atom is -0.390 e. The van der Waals surface area contributed by atoms with Gasteiger partial charge in [-0.25, -0.2) is 0 Å². The highest BCUT2D eigenvalue weighted by Crippen LogP contribution is 2.29. The minimum absolute atomic E-state index is 0.158. The van der Waals surface area contributed by atoms with Crippen molar-refractivity contribution in [2.45, 2.75) is 19.6 Å². The summed E-state index contributed by atoms with van der Waals surface area (Å²) in [7, 11) is 3.81. The fraction of sp³-hybridized carbons (Fsp3) is 0.300. The van der Waals surface area contributed by atoms with Crippen LogP contribution < -0.4 is 5.32 Å². The van der Waals surface area contributed by atoms with Gasteiger partial charge in [0.1, 0.15) is 0 Å². The molecule has 2 heterocycles. The molecule has 142 valence electrons. The molecule has 1 amide bonds. The van der Waals surface area contributed by atoms with Crippen LogP contribution in [0.3, 0.4) is 0 Å². The molecule has 1 aromatic carbocycles. The van der Waals surface area contributed by atoms with Crippen molar-refractivity contribution in [3.8, 4) is 11.1 Å². The Morgan fingerprint density at radius 3 is 2.74 bits per heavy atom. The Balaban J connectivity index is 1.68. The van der Waals surface area contributed by atoms with Gasteiger partial charge in [0.15, 0.2) is 0 Å². The van der Waals surface area contributed by atoms with Crippen LogP contribution in [0.5, 0.6) is 0 Å². The van der Waals surface area contributed by atoms with E-state index in [2.05, 4.69) is 10.4 Å². The predicted molar refractivity (Wildman–Crippen MR) is 109 cm³/mol. The normalized spacial score (nSPS) is 12.3. The average molecular weight is 385 g/mol. The van der Waals surface area contributed by atoms with Crippen LogP contribution in [0.1, 0.15) is 15.2 Å². The van der Waals surface area contributed by atoms with E-state index in [1.165, 1.54) is 16.9 Å². The van der Waals surface area contributed by atoms with Crippen LogP contribution in [0.25, 0.3) is 11.1 Å². The Labute approximate surface area is 163 Å². The Bertz CT molecular complexity index is 899. The maximum absolute atomic E-state index is 12.7. The molecule has 0 unspecified atom stereocenters. The van der Waals surface area contributed by atoms with Gasteiger partial charge in [-0.15, -0.1) is 11.3 Å². The number of benzene rings is 1. The fourth-order valence-corrected chi connectivity index (χ4v) is 3.67. The number of likely N-dealkylation sites (N-methyl/N-ethyl adjacent to an activating group) is 1. The smallest absolute Gasteiger partial charge is 0.266 e. The highest BCUT2D eigenvalue weighted by molar-refractivity contribution is 7.12. The zero-order valence-electron chi connectivity index (χ0n) is 15.7. The Kier molecular flexibility index (Phi) is 6.05. The van der Waals surface area contributed by atoms with Crippen molar-refractivity contribution in [1.82, 2.24) is 14.7 Å². The number of carbonyl (C=O) groups is 1. The number of amides is 1. The topological polar surface area (TPSA) is 70.4 Å². The number of thiophene rings is 1. The molecule has 0 saturated heterocycles. The summed E-state index contributed by atoms with van der Waals surface area (Å²) in [5.74, 6) is -0.158. The zero-order valence-corrected chi connectivity index (χ0v) is 16.5. The maximum Gasteiger partial charge on any atom is 0.266 e. The monoisotopic (exact) mass is 384 g/mol. The summed E-state index contributed by atoms with van der Waals surface area (Å²) in [5.41, 5.74) is 3.74. The zero-order chi connectivity index (χ0) is 19.4. The second kappa shape index (κ2) is 8.47. The SMILES string of the molecule is Cc1ccc(-c2ccsc2C(=O)Nc2cnn(C[C@H](O)CN(C)C)c2)cc1. The minimum atomic E-state index is -0.520. The number of hydrogen-bond donors (Lipinski definition) is 2. The molecule has 3 aromatic rings. The quantitative estimate of drug-likeness (QED) is 0.657. The highest BCUT2D eigenvalue weighted by atomic mass is 32.1. The molecular weight excluding hydrogens is 360 g/mol. The van der Waals surface area contributed by atoms with Gasteiger partial charge in [0, 0.05) is 18.3 Å². The Hall–Kier alpha value is -2.48. The lowest BCUT2D eigenvalue weighted by atomic mass is 10.0. The van der Waals surface area contributed by atoms with E-state index in [1.807, 2.05) is 61.6 Å². The largest absolute Gasteiger partial charge is 0.390 e. The first-order valence-corrected chi connectivity index (χ1v) is 9.61. The first-order chi connectivity index (χ1) is 12.9. The van der Waals surface area contributed by atoms with Crippen LogP contribution in [0, 0.1) is 6.92 Å². The average Bonchev–Trinajstić information content (AvgIpc) is 3.24. The van der Waals surface area contributed by atoms with Gasteiger partial charge in [-0.2, -0.15) is 5.10 Å². The lowest BCUT2D eigenvalue weighted by Crippen LogP contribution is -2.29. The molecule has 2 N–H and O–H groups in total. The number of hydrogen-bond acceptors (Lipinski definition) is 5. The van der Waals surface area contributed by atoms with Crippen LogP contribution in [0.2, 0.25) is 0 Å². The van der Waals surface area contributed by atoms with Gasteiger partial charge in [0.05, 0.1) is 29.4 Å². The summed E-state index contributed by atoms with van der Waals surface area (Å²) >= 11 is 1.42. The Morgan fingerprint density at radius 1 is 1.30 bits per heavy atom.